The van der Waals surface area contributed by atoms with E-state index in [-0.39, 0.29) is 5.56 Å². The molecule has 0 bridgehead atoms. The molecular weight excluding hydrogens is 202 g/mol. The molecule has 1 N–H and O–H groups in total. The summed E-state index contributed by atoms with van der Waals surface area (Å²) in [5.74, 6) is -0.918. The first-order chi connectivity index (χ1) is 7.75. The molecule has 0 unspecified atom stereocenters. The van der Waals surface area contributed by atoms with Crippen molar-refractivity contribution in [3.63, 3.8) is 0 Å². The smallest absolute Gasteiger partial charge is 0.335 e. The standard InChI is InChI=1S/C13H11NO2/c15-13(16)11-5-7-12(8-6-11)14-9-10-3-1-2-4-10/h1-3,5-9H,4H2,(H,15,16). The number of aromatic carboxylic acids is 1. The van der Waals surface area contributed by atoms with E-state index in [1.807, 2.05) is 12.2 Å². The number of carboxylic acid groups (broad SMARTS) is 1. The van der Waals surface area contributed by atoms with Crippen LogP contribution in [0.4, 0.5) is 5.69 Å². The van der Waals surface area contributed by atoms with Gasteiger partial charge in [-0.15, -0.1) is 0 Å². The molecule has 0 atom stereocenters. The van der Waals surface area contributed by atoms with Gasteiger partial charge in [-0.05, 0) is 36.3 Å². The fraction of sp³-hybridized carbons (Fsp3) is 0.0769. The molecule has 0 aromatic heterocycles. The molecule has 1 aromatic carbocycles. The number of allylic oxidation sites excluding steroid dienone is 4. The Morgan fingerprint density at radius 3 is 2.62 bits per heavy atom. The van der Waals surface area contributed by atoms with Crippen molar-refractivity contribution in [1.29, 1.82) is 0 Å². The number of aliphatic imine (C=N–C) groups is 1. The van der Waals surface area contributed by atoms with Crippen LogP contribution in [-0.2, 0) is 0 Å². The Labute approximate surface area is 93.5 Å². The Morgan fingerprint density at radius 1 is 1.31 bits per heavy atom. The highest BCUT2D eigenvalue weighted by atomic mass is 16.4. The number of hydrogen-bond acceptors (Lipinski definition) is 2. The Bertz CT molecular complexity index is 481. The molecule has 1 aliphatic rings. The third kappa shape index (κ3) is 2.45. The molecule has 0 aliphatic heterocycles. The average molecular weight is 213 g/mol. The highest BCUT2D eigenvalue weighted by Gasteiger charge is 2.00. The van der Waals surface area contributed by atoms with Crippen molar-refractivity contribution >= 4 is 17.9 Å². The molecule has 0 fully saturated rings. The molecule has 0 saturated heterocycles. The second-order valence-electron chi connectivity index (χ2n) is 3.48. The molecule has 3 heteroatoms. The fourth-order valence-electron chi connectivity index (χ4n) is 1.41. The second-order valence-corrected chi connectivity index (χ2v) is 3.48. The van der Waals surface area contributed by atoms with Crippen molar-refractivity contribution < 1.29 is 9.90 Å². The van der Waals surface area contributed by atoms with Gasteiger partial charge in [0.05, 0.1) is 11.3 Å². The van der Waals surface area contributed by atoms with Gasteiger partial charge in [0.2, 0.25) is 0 Å². The Balaban J connectivity index is 2.08. The Kier molecular flexibility index (Phi) is 2.96. The van der Waals surface area contributed by atoms with E-state index in [9.17, 15) is 4.79 Å². The summed E-state index contributed by atoms with van der Waals surface area (Å²) in [6.07, 6.45) is 8.78. The molecule has 0 heterocycles. The number of rotatable bonds is 3. The molecule has 1 aliphatic carbocycles. The molecular formula is C13H11NO2. The summed E-state index contributed by atoms with van der Waals surface area (Å²) in [5.41, 5.74) is 2.20. The van der Waals surface area contributed by atoms with Crippen LogP contribution in [0.3, 0.4) is 0 Å². The maximum absolute atomic E-state index is 10.6. The zero-order valence-electron chi connectivity index (χ0n) is 8.63. The van der Waals surface area contributed by atoms with E-state index in [1.54, 1.807) is 30.5 Å². The van der Waals surface area contributed by atoms with Gasteiger partial charge in [0, 0.05) is 6.21 Å². The third-order valence-corrected chi connectivity index (χ3v) is 2.29. The lowest BCUT2D eigenvalue weighted by Crippen LogP contribution is -1.94. The summed E-state index contributed by atoms with van der Waals surface area (Å²) in [6, 6.07) is 6.50. The summed E-state index contributed by atoms with van der Waals surface area (Å²) < 4.78 is 0. The Morgan fingerprint density at radius 2 is 2.06 bits per heavy atom. The van der Waals surface area contributed by atoms with Crippen LogP contribution in [0.1, 0.15) is 16.8 Å². The zero-order chi connectivity index (χ0) is 11.4. The number of nitrogens with zero attached hydrogens (tertiary/aromatic N) is 1. The van der Waals surface area contributed by atoms with E-state index < -0.39 is 5.97 Å². The van der Waals surface area contributed by atoms with Crippen LogP contribution in [-0.4, -0.2) is 17.3 Å². The summed E-state index contributed by atoms with van der Waals surface area (Å²) in [5, 5.41) is 8.72. The lowest BCUT2D eigenvalue weighted by molar-refractivity contribution is 0.0697. The van der Waals surface area contributed by atoms with Crippen LogP contribution in [0, 0.1) is 0 Å². The van der Waals surface area contributed by atoms with Crippen LogP contribution in [0.25, 0.3) is 0 Å². The van der Waals surface area contributed by atoms with Gasteiger partial charge in [-0.3, -0.25) is 4.99 Å². The van der Waals surface area contributed by atoms with Gasteiger partial charge < -0.3 is 5.11 Å². The Hall–Kier alpha value is -2.16. The van der Waals surface area contributed by atoms with Gasteiger partial charge in [-0.2, -0.15) is 0 Å². The van der Waals surface area contributed by atoms with Crippen molar-refractivity contribution in [3.05, 3.63) is 53.6 Å². The van der Waals surface area contributed by atoms with Gasteiger partial charge in [-0.1, -0.05) is 18.2 Å². The maximum atomic E-state index is 10.6. The van der Waals surface area contributed by atoms with E-state index in [4.69, 9.17) is 5.11 Å². The number of carbonyl (C=O) groups is 1. The molecule has 80 valence electrons. The molecule has 16 heavy (non-hydrogen) atoms. The second kappa shape index (κ2) is 4.57. The van der Waals surface area contributed by atoms with E-state index in [0.717, 1.165) is 17.7 Å². The molecule has 3 nitrogen and oxygen atoms in total. The van der Waals surface area contributed by atoms with Crippen molar-refractivity contribution in [3.8, 4) is 0 Å². The minimum absolute atomic E-state index is 0.278. The van der Waals surface area contributed by atoms with Gasteiger partial charge in [0.25, 0.3) is 0 Å². The van der Waals surface area contributed by atoms with Gasteiger partial charge in [0.15, 0.2) is 0 Å². The van der Waals surface area contributed by atoms with Crippen LogP contribution in [0.2, 0.25) is 0 Å². The molecule has 0 spiro atoms. The van der Waals surface area contributed by atoms with E-state index in [1.165, 1.54) is 0 Å². The normalized spacial score (nSPS) is 14.4. The van der Waals surface area contributed by atoms with Gasteiger partial charge >= 0.3 is 5.97 Å². The average Bonchev–Trinajstić information content (AvgIpc) is 2.80. The zero-order valence-corrected chi connectivity index (χ0v) is 8.63. The summed E-state index contributed by atoms with van der Waals surface area (Å²) in [6.45, 7) is 0. The number of benzene rings is 1. The number of carboxylic acids is 1. The van der Waals surface area contributed by atoms with Gasteiger partial charge in [0.1, 0.15) is 0 Å². The molecule has 0 saturated carbocycles. The summed E-state index contributed by atoms with van der Waals surface area (Å²) >= 11 is 0. The quantitative estimate of drug-likeness (QED) is 0.784. The monoisotopic (exact) mass is 213 g/mol. The van der Waals surface area contributed by atoms with Crippen LogP contribution < -0.4 is 0 Å². The molecule has 1 aromatic rings. The number of hydrogen-bond donors (Lipinski definition) is 1. The lowest BCUT2D eigenvalue weighted by atomic mass is 10.2. The molecule has 0 amide bonds. The topological polar surface area (TPSA) is 49.7 Å². The van der Waals surface area contributed by atoms with Crippen molar-refractivity contribution in [2.24, 2.45) is 4.99 Å². The van der Waals surface area contributed by atoms with Crippen LogP contribution >= 0.6 is 0 Å². The first-order valence-electron chi connectivity index (χ1n) is 4.99. The van der Waals surface area contributed by atoms with Crippen LogP contribution in [0.5, 0.6) is 0 Å². The highest BCUT2D eigenvalue weighted by Crippen LogP contribution is 2.14. The predicted octanol–water partition coefficient (Wildman–Crippen LogP) is 2.97. The van der Waals surface area contributed by atoms with Crippen LogP contribution in [0.15, 0.2) is 53.1 Å². The highest BCUT2D eigenvalue weighted by molar-refractivity contribution is 5.88. The summed E-state index contributed by atoms with van der Waals surface area (Å²) in [7, 11) is 0. The predicted molar refractivity (Wildman–Crippen MR) is 63.4 cm³/mol. The first kappa shape index (κ1) is 10.4. The van der Waals surface area contributed by atoms with Gasteiger partial charge in [-0.25, -0.2) is 4.79 Å². The molecule has 2 rings (SSSR count). The van der Waals surface area contributed by atoms with Crippen molar-refractivity contribution in [2.45, 2.75) is 6.42 Å². The first-order valence-corrected chi connectivity index (χ1v) is 4.99. The fourth-order valence-corrected chi connectivity index (χ4v) is 1.41. The minimum atomic E-state index is -0.918. The largest absolute Gasteiger partial charge is 0.478 e. The SMILES string of the molecule is O=C(O)c1ccc(N=CC2=CC=CC2)cc1. The van der Waals surface area contributed by atoms with E-state index in [0.29, 0.717) is 0 Å². The summed E-state index contributed by atoms with van der Waals surface area (Å²) in [4.78, 5) is 14.9. The van der Waals surface area contributed by atoms with E-state index in [2.05, 4.69) is 11.1 Å². The van der Waals surface area contributed by atoms with Crippen molar-refractivity contribution in [1.82, 2.24) is 0 Å². The van der Waals surface area contributed by atoms with E-state index >= 15 is 0 Å². The maximum Gasteiger partial charge on any atom is 0.335 e. The minimum Gasteiger partial charge on any atom is -0.478 e. The van der Waals surface area contributed by atoms with Crippen molar-refractivity contribution in [2.75, 3.05) is 0 Å². The third-order valence-electron chi connectivity index (χ3n) is 2.29. The molecule has 0 radical (unpaired) electrons. The lowest BCUT2D eigenvalue weighted by Gasteiger charge is -1.96.